The number of hydrogen-bond acceptors (Lipinski definition) is 5. The normalized spacial score (nSPS) is 16.0. The SMILES string of the molecule is CC(=O)NCCNC(=O)CCC(=O)NCC(N1CCNCC1)C(F)(F)F.Cl. The molecular weight excluding hydrogens is 391 g/mol. The summed E-state index contributed by atoms with van der Waals surface area (Å²) in [6, 6.07) is -1.74. The van der Waals surface area contributed by atoms with Crippen molar-refractivity contribution in [1.29, 1.82) is 0 Å². The summed E-state index contributed by atoms with van der Waals surface area (Å²) in [4.78, 5) is 35.2. The van der Waals surface area contributed by atoms with Crippen molar-refractivity contribution in [2.75, 3.05) is 45.8 Å². The van der Waals surface area contributed by atoms with Gasteiger partial charge in [0.05, 0.1) is 0 Å². The molecule has 0 aromatic rings. The van der Waals surface area contributed by atoms with Gasteiger partial charge in [0.1, 0.15) is 6.04 Å². The largest absolute Gasteiger partial charge is 0.405 e. The third-order valence-electron chi connectivity index (χ3n) is 3.86. The molecule has 1 aliphatic heterocycles. The molecule has 0 spiro atoms. The first-order valence-electron chi connectivity index (χ1n) is 8.49. The van der Waals surface area contributed by atoms with Gasteiger partial charge in [-0.25, -0.2) is 0 Å². The Bertz CT molecular complexity index is 488. The highest BCUT2D eigenvalue weighted by molar-refractivity contribution is 5.85. The van der Waals surface area contributed by atoms with Gasteiger partial charge in [0.15, 0.2) is 0 Å². The Morgan fingerprint density at radius 1 is 1.00 bits per heavy atom. The molecule has 1 atom stereocenters. The maximum atomic E-state index is 13.2. The van der Waals surface area contributed by atoms with Crippen molar-refractivity contribution in [3.63, 3.8) is 0 Å². The Hall–Kier alpha value is -1.59. The fourth-order valence-electron chi connectivity index (χ4n) is 2.50. The minimum atomic E-state index is -4.44. The molecular formula is C15H27ClF3N5O3. The lowest BCUT2D eigenvalue weighted by atomic mass is 10.2. The number of amides is 3. The van der Waals surface area contributed by atoms with Crippen LogP contribution in [-0.2, 0) is 14.4 Å². The van der Waals surface area contributed by atoms with Gasteiger partial charge >= 0.3 is 6.18 Å². The minimum absolute atomic E-state index is 0. The van der Waals surface area contributed by atoms with Crippen LogP contribution < -0.4 is 21.3 Å². The third kappa shape index (κ3) is 11.0. The number of hydrogen-bond donors (Lipinski definition) is 4. The van der Waals surface area contributed by atoms with E-state index < -0.39 is 30.6 Å². The topological polar surface area (TPSA) is 103 Å². The predicted molar refractivity (Wildman–Crippen MR) is 95.5 cm³/mol. The molecule has 27 heavy (non-hydrogen) atoms. The van der Waals surface area contributed by atoms with Gasteiger partial charge in [-0.2, -0.15) is 13.2 Å². The standard InChI is InChI=1S/C15H26F3N5O3.ClH/c1-11(24)20-4-5-21-13(25)2-3-14(26)22-10-12(15(16,17)18)23-8-6-19-7-9-23;/h12,19H,2-10H2,1H3,(H,20,24)(H,21,25)(H,22,26);1H. The van der Waals surface area contributed by atoms with Gasteiger partial charge in [0, 0.05) is 65.6 Å². The lowest BCUT2D eigenvalue weighted by molar-refractivity contribution is -0.184. The number of rotatable bonds is 9. The molecule has 4 N–H and O–H groups in total. The van der Waals surface area contributed by atoms with Crippen molar-refractivity contribution in [3.8, 4) is 0 Å². The Morgan fingerprint density at radius 3 is 2.04 bits per heavy atom. The van der Waals surface area contributed by atoms with Crippen LogP contribution in [0, 0.1) is 0 Å². The quantitative estimate of drug-likeness (QED) is 0.375. The zero-order chi connectivity index (χ0) is 19.6. The van der Waals surface area contributed by atoms with E-state index in [0.717, 1.165) is 0 Å². The van der Waals surface area contributed by atoms with Crippen LogP contribution >= 0.6 is 12.4 Å². The van der Waals surface area contributed by atoms with Gasteiger partial charge in [-0.05, 0) is 0 Å². The third-order valence-corrected chi connectivity index (χ3v) is 3.86. The van der Waals surface area contributed by atoms with E-state index in [4.69, 9.17) is 0 Å². The Balaban J connectivity index is 0.00000676. The van der Waals surface area contributed by atoms with E-state index >= 15 is 0 Å². The van der Waals surface area contributed by atoms with Crippen LogP contribution in [0.25, 0.3) is 0 Å². The zero-order valence-electron chi connectivity index (χ0n) is 15.2. The summed E-state index contributed by atoms with van der Waals surface area (Å²) >= 11 is 0. The molecule has 158 valence electrons. The molecule has 1 unspecified atom stereocenters. The lowest BCUT2D eigenvalue weighted by Crippen LogP contribution is -2.57. The van der Waals surface area contributed by atoms with Crippen LogP contribution in [0.5, 0.6) is 0 Å². The van der Waals surface area contributed by atoms with Crippen molar-refractivity contribution in [2.24, 2.45) is 0 Å². The Morgan fingerprint density at radius 2 is 1.52 bits per heavy atom. The number of carbonyl (C=O) groups is 3. The highest BCUT2D eigenvalue weighted by atomic mass is 35.5. The van der Waals surface area contributed by atoms with Crippen molar-refractivity contribution < 1.29 is 27.6 Å². The highest BCUT2D eigenvalue weighted by Gasteiger charge is 2.43. The van der Waals surface area contributed by atoms with Gasteiger partial charge in [-0.15, -0.1) is 12.4 Å². The minimum Gasteiger partial charge on any atom is -0.355 e. The van der Waals surface area contributed by atoms with Crippen LogP contribution in [0.4, 0.5) is 13.2 Å². The van der Waals surface area contributed by atoms with E-state index in [9.17, 15) is 27.6 Å². The summed E-state index contributed by atoms with van der Waals surface area (Å²) in [7, 11) is 0. The summed E-state index contributed by atoms with van der Waals surface area (Å²) in [5.74, 6) is -1.23. The molecule has 8 nitrogen and oxygen atoms in total. The second-order valence-corrected chi connectivity index (χ2v) is 5.98. The molecule has 1 heterocycles. The summed E-state index contributed by atoms with van der Waals surface area (Å²) in [5, 5.41) is 10.2. The van der Waals surface area contributed by atoms with Crippen LogP contribution in [0.15, 0.2) is 0 Å². The van der Waals surface area contributed by atoms with E-state index in [-0.39, 0.29) is 57.3 Å². The van der Waals surface area contributed by atoms with Crippen molar-refractivity contribution >= 4 is 30.1 Å². The molecule has 0 aromatic heterocycles. The smallest absolute Gasteiger partial charge is 0.355 e. The van der Waals surface area contributed by atoms with E-state index in [1.54, 1.807) is 0 Å². The number of nitrogens with zero attached hydrogens (tertiary/aromatic N) is 1. The zero-order valence-corrected chi connectivity index (χ0v) is 16.0. The Kier molecular flexibility index (Phi) is 12.0. The van der Waals surface area contributed by atoms with Gasteiger partial charge in [0.2, 0.25) is 17.7 Å². The van der Waals surface area contributed by atoms with Gasteiger partial charge < -0.3 is 21.3 Å². The van der Waals surface area contributed by atoms with Gasteiger partial charge in [-0.1, -0.05) is 0 Å². The van der Waals surface area contributed by atoms with Gasteiger partial charge in [-0.3, -0.25) is 19.3 Å². The van der Waals surface area contributed by atoms with Crippen molar-refractivity contribution in [3.05, 3.63) is 0 Å². The molecule has 1 aliphatic rings. The first-order chi connectivity index (χ1) is 12.2. The van der Waals surface area contributed by atoms with Crippen molar-refractivity contribution in [2.45, 2.75) is 32.0 Å². The van der Waals surface area contributed by atoms with E-state index in [1.807, 2.05) is 0 Å². The molecule has 1 saturated heterocycles. The molecule has 12 heteroatoms. The fraction of sp³-hybridized carbons (Fsp3) is 0.800. The number of piperazine rings is 1. The number of halogens is 4. The lowest BCUT2D eigenvalue weighted by Gasteiger charge is -2.35. The van der Waals surface area contributed by atoms with E-state index in [2.05, 4.69) is 21.3 Å². The average molecular weight is 418 g/mol. The maximum absolute atomic E-state index is 13.2. The number of alkyl halides is 3. The molecule has 0 radical (unpaired) electrons. The van der Waals surface area contributed by atoms with Crippen molar-refractivity contribution in [1.82, 2.24) is 26.2 Å². The van der Waals surface area contributed by atoms with E-state index in [1.165, 1.54) is 11.8 Å². The molecule has 1 fully saturated rings. The van der Waals surface area contributed by atoms with Crippen LogP contribution in [0.3, 0.4) is 0 Å². The number of carbonyl (C=O) groups excluding carboxylic acids is 3. The second kappa shape index (κ2) is 12.7. The van der Waals surface area contributed by atoms with E-state index in [0.29, 0.717) is 13.1 Å². The first kappa shape index (κ1) is 25.4. The monoisotopic (exact) mass is 417 g/mol. The number of nitrogens with one attached hydrogen (secondary N) is 4. The first-order valence-corrected chi connectivity index (χ1v) is 8.49. The summed E-state index contributed by atoms with van der Waals surface area (Å²) < 4.78 is 39.6. The Labute approximate surface area is 162 Å². The summed E-state index contributed by atoms with van der Waals surface area (Å²) in [6.45, 7) is 2.77. The fourth-order valence-corrected chi connectivity index (χ4v) is 2.50. The molecule has 0 bridgehead atoms. The van der Waals surface area contributed by atoms with Crippen LogP contribution in [0.1, 0.15) is 19.8 Å². The summed E-state index contributed by atoms with van der Waals surface area (Å²) in [6.07, 6.45) is -4.76. The van der Waals surface area contributed by atoms with Gasteiger partial charge in [0.25, 0.3) is 0 Å². The summed E-state index contributed by atoms with van der Waals surface area (Å²) in [5.41, 5.74) is 0. The molecule has 3 amide bonds. The molecule has 1 rings (SSSR count). The highest BCUT2D eigenvalue weighted by Crippen LogP contribution is 2.24. The second-order valence-electron chi connectivity index (χ2n) is 5.98. The van der Waals surface area contributed by atoms with Crippen LogP contribution in [0.2, 0.25) is 0 Å². The molecule has 0 saturated carbocycles. The molecule has 0 aliphatic carbocycles. The van der Waals surface area contributed by atoms with Crippen LogP contribution in [-0.4, -0.2) is 80.7 Å². The molecule has 0 aromatic carbocycles. The predicted octanol–water partition coefficient (Wildman–Crippen LogP) is -0.607. The maximum Gasteiger partial charge on any atom is 0.405 e. The average Bonchev–Trinajstić information content (AvgIpc) is 2.56.